The fourth-order valence-corrected chi connectivity index (χ4v) is 2.06. The lowest BCUT2D eigenvalue weighted by atomic mass is 10.2. The van der Waals surface area contributed by atoms with Gasteiger partial charge in [0.2, 0.25) is 5.89 Å². The van der Waals surface area contributed by atoms with E-state index in [2.05, 4.69) is 24.1 Å². The van der Waals surface area contributed by atoms with E-state index < -0.39 is 0 Å². The minimum Gasteiger partial charge on any atom is -0.436 e. The third-order valence-corrected chi connectivity index (χ3v) is 3.12. The van der Waals surface area contributed by atoms with Crippen molar-refractivity contribution in [3.05, 3.63) is 48.5 Å². The maximum absolute atomic E-state index is 5.80. The van der Waals surface area contributed by atoms with Gasteiger partial charge in [-0.2, -0.15) is 0 Å². The van der Waals surface area contributed by atoms with E-state index in [1.54, 1.807) is 0 Å². The van der Waals surface area contributed by atoms with Crippen LogP contribution >= 0.6 is 0 Å². The van der Waals surface area contributed by atoms with E-state index in [1.807, 2.05) is 48.5 Å². The molecular formula is C17H18N2O. The highest BCUT2D eigenvalue weighted by atomic mass is 16.3. The molecule has 0 fully saturated rings. The van der Waals surface area contributed by atoms with Crippen LogP contribution in [0.3, 0.4) is 0 Å². The molecule has 3 nitrogen and oxygen atoms in total. The van der Waals surface area contributed by atoms with Crippen LogP contribution in [0.5, 0.6) is 0 Å². The monoisotopic (exact) mass is 266 g/mol. The molecule has 0 amide bonds. The lowest BCUT2D eigenvalue weighted by Gasteiger charge is -2.07. The summed E-state index contributed by atoms with van der Waals surface area (Å²) in [7, 11) is 0. The highest BCUT2D eigenvalue weighted by Crippen LogP contribution is 2.26. The average Bonchev–Trinajstić information content (AvgIpc) is 2.89. The number of rotatable bonds is 4. The van der Waals surface area contributed by atoms with Crippen molar-refractivity contribution >= 4 is 16.8 Å². The lowest BCUT2D eigenvalue weighted by molar-refractivity contribution is 0.620. The van der Waals surface area contributed by atoms with Gasteiger partial charge in [-0.1, -0.05) is 32.0 Å². The summed E-state index contributed by atoms with van der Waals surface area (Å²) in [4.78, 5) is 4.56. The fourth-order valence-electron chi connectivity index (χ4n) is 2.06. The van der Waals surface area contributed by atoms with Crippen molar-refractivity contribution in [3.8, 4) is 11.5 Å². The summed E-state index contributed by atoms with van der Waals surface area (Å²) in [6.45, 7) is 5.33. The number of hydrogen-bond donors (Lipinski definition) is 1. The standard InChI is InChI=1S/C17H18N2O/c1-12(2)11-18-14-8-9-16-15(10-14)19-17(20-16)13-6-4-3-5-7-13/h3-10,12,18H,11H2,1-2H3. The molecule has 0 aliphatic heterocycles. The van der Waals surface area contributed by atoms with Gasteiger partial charge in [-0.15, -0.1) is 0 Å². The van der Waals surface area contributed by atoms with E-state index >= 15 is 0 Å². The lowest BCUT2D eigenvalue weighted by Crippen LogP contribution is -2.07. The topological polar surface area (TPSA) is 38.1 Å². The van der Waals surface area contributed by atoms with Gasteiger partial charge < -0.3 is 9.73 Å². The molecule has 0 unspecified atom stereocenters. The quantitative estimate of drug-likeness (QED) is 0.752. The largest absolute Gasteiger partial charge is 0.436 e. The second-order valence-corrected chi connectivity index (χ2v) is 5.34. The molecule has 1 N–H and O–H groups in total. The summed E-state index contributed by atoms with van der Waals surface area (Å²) in [6, 6.07) is 16.0. The number of anilines is 1. The molecule has 0 saturated heterocycles. The van der Waals surface area contributed by atoms with E-state index in [0.717, 1.165) is 28.9 Å². The van der Waals surface area contributed by atoms with Crippen molar-refractivity contribution in [2.75, 3.05) is 11.9 Å². The Morgan fingerprint density at radius 1 is 1.10 bits per heavy atom. The van der Waals surface area contributed by atoms with Crippen molar-refractivity contribution < 1.29 is 4.42 Å². The van der Waals surface area contributed by atoms with Gasteiger partial charge in [-0.3, -0.25) is 0 Å². The minimum absolute atomic E-state index is 0.614. The zero-order valence-corrected chi connectivity index (χ0v) is 11.8. The average molecular weight is 266 g/mol. The summed E-state index contributed by atoms with van der Waals surface area (Å²) in [5, 5.41) is 3.40. The summed E-state index contributed by atoms with van der Waals surface area (Å²) >= 11 is 0. The van der Waals surface area contributed by atoms with E-state index in [0.29, 0.717) is 11.8 Å². The molecule has 3 rings (SSSR count). The fraction of sp³-hybridized carbons (Fsp3) is 0.235. The van der Waals surface area contributed by atoms with Crippen molar-refractivity contribution in [2.24, 2.45) is 5.92 Å². The van der Waals surface area contributed by atoms with Crippen LogP contribution in [-0.2, 0) is 0 Å². The number of benzene rings is 2. The van der Waals surface area contributed by atoms with Crippen LogP contribution in [0.4, 0.5) is 5.69 Å². The molecule has 20 heavy (non-hydrogen) atoms. The van der Waals surface area contributed by atoms with Crippen LogP contribution in [0.1, 0.15) is 13.8 Å². The Labute approximate surface area is 118 Å². The molecule has 0 aliphatic carbocycles. The molecule has 0 saturated carbocycles. The van der Waals surface area contributed by atoms with E-state index in [9.17, 15) is 0 Å². The maximum atomic E-state index is 5.80. The molecule has 3 heteroatoms. The van der Waals surface area contributed by atoms with Gasteiger partial charge in [0.05, 0.1) is 0 Å². The highest BCUT2D eigenvalue weighted by Gasteiger charge is 2.08. The zero-order valence-electron chi connectivity index (χ0n) is 11.8. The maximum Gasteiger partial charge on any atom is 0.227 e. The number of hydrogen-bond acceptors (Lipinski definition) is 3. The first-order valence-electron chi connectivity index (χ1n) is 6.92. The van der Waals surface area contributed by atoms with Gasteiger partial charge in [0.1, 0.15) is 5.52 Å². The molecule has 1 aromatic heterocycles. The molecule has 0 radical (unpaired) electrons. The van der Waals surface area contributed by atoms with Crippen LogP contribution < -0.4 is 5.32 Å². The SMILES string of the molecule is CC(C)CNc1ccc2oc(-c3ccccc3)nc2c1. The Morgan fingerprint density at radius 2 is 1.90 bits per heavy atom. The Hall–Kier alpha value is -2.29. The number of nitrogens with one attached hydrogen (secondary N) is 1. The van der Waals surface area contributed by atoms with Crippen LogP contribution in [0, 0.1) is 5.92 Å². The number of oxazole rings is 1. The van der Waals surface area contributed by atoms with Gasteiger partial charge in [-0.25, -0.2) is 4.98 Å². The first kappa shape index (κ1) is 12.7. The molecule has 0 atom stereocenters. The third kappa shape index (κ3) is 2.67. The molecule has 102 valence electrons. The van der Waals surface area contributed by atoms with Gasteiger partial charge in [0, 0.05) is 17.8 Å². The normalized spacial score (nSPS) is 11.2. The predicted molar refractivity (Wildman–Crippen MR) is 82.8 cm³/mol. The molecule has 0 aliphatic rings. The predicted octanol–water partition coefficient (Wildman–Crippen LogP) is 4.56. The molecule has 0 bridgehead atoms. The van der Waals surface area contributed by atoms with E-state index in [1.165, 1.54) is 0 Å². The first-order valence-corrected chi connectivity index (χ1v) is 6.92. The Balaban J connectivity index is 1.91. The highest BCUT2D eigenvalue weighted by molar-refractivity contribution is 5.80. The summed E-state index contributed by atoms with van der Waals surface area (Å²) < 4.78 is 5.80. The van der Waals surface area contributed by atoms with Gasteiger partial charge in [-0.05, 0) is 36.2 Å². The molecule has 0 spiro atoms. The Kier molecular flexibility index (Phi) is 3.42. The van der Waals surface area contributed by atoms with E-state index in [4.69, 9.17) is 4.42 Å². The molecule has 3 aromatic rings. The Bertz CT molecular complexity index is 701. The Morgan fingerprint density at radius 3 is 2.65 bits per heavy atom. The minimum atomic E-state index is 0.614. The number of nitrogens with zero attached hydrogens (tertiary/aromatic N) is 1. The molecule has 1 heterocycles. The summed E-state index contributed by atoms with van der Waals surface area (Å²) in [6.07, 6.45) is 0. The molecule has 2 aromatic carbocycles. The third-order valence-electron chi connectivity index (χ3n) is 3.12. The second-order valence-electron chi connectivity index (χ2n) is 5.34. The second kappa shape index (κ2) is 5.37. The number of fused-ring (bicyclic) bond motifs is 1. The summed E-state index contributed by atoms with van der Waals surface area (Å²) in [5.41, 5.74) is 3.79. The van der Waals surface area contributed by atoms with Crippen molar-refractivity contribution in [3.63, 3.8) is 0 Å². The smallest absolute Gasteiger partial charge is 0.227 e. The van der Waals surface area contributed by atoms with Crippen LogP contribution in [0.25, 0.3) is 22.6 Å². The van der Waals surface area contributed by atoms with Crippen molar-refractivity contribution in [2.45, 2.75) is 13.8 Å². The summed E-state index contributed by atoms with van der Waals surface area (Å²) in [5.74, 6) is 1.28. The van der Waals surface area contributed by atoms with Gasteiger partial charge in [0.25, 0.3) is 0 Å². The number of aromatic nitrogens is 1. The van der Waals surface area contributed by atoms with Crippen molar-refractivity contribution in [1.29, 1.82) is 0 Å². The van der Waals surface area contributed by atoms with E-state index in [-0.39, 0.29) is 0 Å². The first-order chi connectivity index (χ1) is 9.72. The van der Waals surface area contributed by atoms with Crippen molar-refractivity contribution in [1.82, 2.24) is 4.98 Å². The molecular weight excluding hydrogens is 248 g/mol. The van der Waals surface area contributed by atoms with Crippen LogP contribution in [-0.4, -0.2) is 11.5 Å². The van der Waals surface area contributed by atoms with Crippen LogP contribution in [0.15, 0.2) is 52.9 Å². The van der Waals surface area contributed by atoms with Gasteiger partial charge in [0.15, 0.2) is 5.58 Å². The van der Waals surface area contributed by atoms with Gasteiger partial charge >= 0.3 is 0 Å². The zero-order chi connectivity index (χ0) is 13.9. The van der Waals surface area contributed by atoms with Crippen LogP contribution in [0.2, 0.25) is 0 Å².